The molecule has 1 unspecified atom stereocenters. The molecule has 0 amide bonds. The summed E-state index contributed by atoms with van der Waals surface area (Å²) in [7, 11) is -3.31. The summed E-state index contributed by atoms with van der Waals surface area (Å²) in [5.41, 5.74) is 3.88. The lowest BCUT2D eigenvalue weighted by atomic mass is 9.99. The summed E-state index contributed by atoms with van der Waals surface area (Å²) in [6.07, 6.45) is 4.33. The van der Waals surface area contributed by atoms with Gasteiger partial charge in [-0.2, -0.15) is 0 Å². The van der Waals surface area contributed by atoms with Crippen molar-refractivity contribution in [2.24, 2.45) is 0 Å². The molecule has 1 aliphatic rings. The molecule has 1 aromatic carbocycles. The van der Waals surface area contributed by atoms with E-state index in [9.17, 15) is 8.42 Å². The first-order valence-electron chi connectivity index (χ1n) is 9.20. The van der Waals surface area contributed by atoms with Crippen molar-refractivity contribution in [1.82, 2.24) is 19.5 Å². The molecule has 1 atom stereocenters. The van der Waals surface area contributed by atoms with Gasteiger partial charge in [-0.25, -0.2) is 13.1 Å². The van der Waals surface area contributed by atoms with Crippen LogP contribution in [0.4, 0.5) is 5.95 Å². The van der Waals surface area contributed by atoms with Crippen LogP contribution in [0, 0.1) is 6.92 Å². The first-order chi connectivity index (χ1) is 12.8. The first-order valence-corrected chi connectivity index (χ1v) is 11.1. The van der Waals surface area contributed by atoms with E-state index in [-0.39, 0.29) is 0 Å². The summed E-state index contributed by atoms with van der Waals surface area (Å²) < 4.78 is 27.6. The number of benzene rings is 1. The van der Waals surface area contributed by atoms with Gasteiger partial charge in [-0.1, -0.05) is 35.9 Å². The van der Waals surface area contributed by atoms with Gasteiger partial charge < -0.3 is 4.90 Å². The van der Waals surface area contributed by atoms with E-state index >= 15 is 0 Å². The third-order valence-corrected chi connectivity index (χ3v) is 5.55. The third kappa shape index (κ3) is 4.56. The molecule has 1 aromatic heterocycles. The van der Waals surface area contributed by atoms with Crippen LogP contribution in [0.3, 0.4) is 0 Å². The van der Waals surface area contributed by atoms with E-state index in [0.717, 1.165) is 31.7 Å². The van der Waals surface area contributed by atoms with Crippen molar-refractivity contribution in [3.63, 3.8) is 0 Å². The third-order valence-electron chi connectivity index (χ3n) is 4.77. The smallest absolute Gasteiger partial charge is 0.227 e. The Morgan fingerprint density at radius 2 is 1.93 bits per heavy atom. The van der Waals surface area contributed by atoms with Crippen molar-refractivity contribution in [2.45, 2.75) is 39.8 Å². The normalized spacial score (nSPS) is 16.3. The molecule has 0 radical (unpaired) electrons. The molecule has 146 valence electrons. The van der Waals surface area contributed by atoms with Gasteiger partial charge in [0.1, 0.15) is 0 Å². The van der Waals surface area contributed by atoms with Gasteiger partial charge in [-0.3, -0.25) is 4.57 Å². The number of hydrogen-bond acceptors (Lipinski definition) is 5. The Labute approximate surface area is 161 Å². The Morgan fingerprint density at radius 3 is 2.48 bits per heavy atom. The molecule has 1 aliphatic heterocycles. The average molecular weight is 390 g/mol. The molecular formula is C19H27N5O2S. The zero-order valence-corrected chi connectivity index (χ0v) is 17.1. The summed E-state index contributed by atoms with van der Waals surface area (Å²) in [4.78, 5) is 2.19. The van der Waals surface area contributed by atoms with Crippen LogP contribution in [0.15, 0.2) is 30.3 Å². The van der Waals surface area contributed by atoms with Crippen LogP contribution in [0.1, 0.15) is 43.3 Å². The molecule has 0 bridgehead atoms. The van der Waals surface area contributed by atoms with Crippen molar-refractivity contribution >= 4 is 21.5 Å². The molecule has 7 nitrogen and oxygen atoms in total. The predicted octanol–water partition coefficient (Wildman–Crippen LogP) is 2.51. The van der Waals surface area contributed by atoms with Gasteiger partial charge >= 0.3 is 0 Å². The van der Waals surface area contributed by atoms with E-state index in [1.165, 1.54) is 16.7 Å². The van der Waals surface area contributed by atoms with E-state index in [2.05, 4.69) is 57.1 Å². The first kappa shape index (κ1) is 19.6. The van der Waals surface area contributed by atoms with Gasteiger partial charge in [0.25, 0.3) is 0 Å². The molecule has 0 saturated carbocycles. The fraction of sp³-hybridized carbons (Fsp3) is 0.474. The van der Waals surface area contributed by atoms with Crippen LogP contribution in [0.2, 0.25) is 0 Å². The lowest BCUT2D eigenvalue weighted by molar-refractivity contribution is 0.550. The van der Waals surface area contributed by atoms with E-state index in [0.29, 0.717) is 12.4 Å². The number of anilines is 1. The van der Waals surface area contributed by atoms with Crippen LogP contribution in [0.25, 0.3) is 5.57 Å². The number of rotatable bonds is 6. The minimum absolute atomic E-state index is 0.426. The standard InChI is InChI=1S/C19H27N5O2S/c1-5-24-18(15(3)22-27(4,25)26)20-21-19(24)23-12-10-17(11-13-23)16-8-6-14(2)7-9-16/h6-10,15,22H,5,11-13H2,1-4H3. The number of nitrogens with one attached hydrogen (secondary N) is 1. The van der Waals surface area contributed by atoms with Crippen LogP contribution < -0.4 is 9.62 Å². The number of nitrogens with zero attached hydrogens (tertiary/aromatic N) is 4. The fourth-order valence-corrected chi connectivity index (χ4v) is 4.17. The highest BCUT2D eigenvalue weighted by Crippen LogP contribution is 2.26. The summed E-state index contributed by atoms with van der Waals surface area (Å²) >= 11 is 0. The zero-order valence-electron chi connectivity index (χ0n) is 16.3. The Bertz CT molecular complexity index is 932. The molecule has 2 heterocycles. The maximum Gasteiger partial charge on any atom is 0.227 e. The Hall–Kier alpha value is -2.19. The van der Waals surface area contributed by atoms with Crippen LogP contribution in [-0.2, 0) is 16.6 Å². The molecule has 1 N–H and O–H groups in total. The topological polar surface area (TPSA) is 80.1 Å². The van der Waals surface area contributed by atoms with E-state index in [1.54, 1.807) is 6.92 Å². The van der Waals surface area contributed by atoms with Crippen LogP contribution >= 0.6 is 0 Å². The van der Waals surface area contributed by atoms with Crippen LogP contribution in [0.5, 0.6) is 0 Å². The molecular weight excluding hydrogens is 362 g/mol. The molecule has 0 saturated heterocycles. The molecule has 3 rings (SSSR count). The van der Waals surface area contributed by atoms with Crippen molar-refractivity contribution in [3.8, 4) is 0 Å². The lowest BCUT2D eigenvalue weighted by Crippen LogP contribution is -2.32. The molecule has 0 aliphatic carbocycles. The predicted molar refractivity (Wildman–Crippen MR) is 108 cm³/mol. The summed E-state index contributed by atoms with van der Waals surface area (Å²) in [5, 5.41) is 8.60. The summed E-state index contributed by atoms with van der Waals surface area (Å²) in [6.45, 7) is 8.18. The molecule has 27 heavy (non-hydrogen) atoms. The molecule has 0 fully saturated rings. The highest BCUT2D eigenvalue weighted by Gasteiger charge is 2.23. The Kier molecular flexibility index (Phi) is 5.67. The highest BCUT2D eigenvalue weighted by molar-refractivity contribution is 7.88. The maximum atomic E-state index is 11.5. The van der Waals surface area contributed by atoms with Crippen LogP contribution in [-0.4, -0.2) is 42.5 Å². The molecule has 2 aromatic rings. The minimum atomic E-state index is -3.31. The van der Waals surface area contributed by atoms with Crippen molar-refractivity contribution in [1.29, 1.82) is 0 Å². The maximum absolute atomic E-state index is 11.5. The van der Waals surface area contributed by atoms with Crippen molar-refractivity contribution in [2.75, 3.05) is 24.2 Å². The average Bonchev–Trinajstić information content (AvgIpc) is 3.05. The van der Waals surface area contributed by atoms with Crippen molar-refractivity contribution < 1.29 is 8.42 Å². The van der Waals surface area contributed by atoms with E-state index in [4.69, 9.17) is 0 Å². The summed E-state index contributed by atoms with van der Waals surface area (Å²) in [5.74, 6) is 1.42. The molecule has 0 spiro atoms. The highest BCUT2D eigenvalue weighted by atomic mass is 32.2. The molecule has 8 heteroatoms. The summed E-state index contributed by atoms with van der Waals surface area (Å²) in [6, 6.07) is 8.19. The van der Waals surface area contributed by atoms with Gasteiger partial charge in [0.15, 0.2) is 5.82 Å². The number of hydrogen-bond donors (Lipinski definition) is 1. The van der Waals surface area contributed by atoms with E-state index in [1.807, 2.05) is 11.5 Å². The SMILES string of the molecule is CCn1c(C(C)NS(C)(=O)=O)nnc1N1CC=C(c2ccc(C)cc2)CC1. The zero-order chi connectivity index (χ0) is 19.6. The van der Waals surface area contributed by atoms with Crippen molar-refractivity contribution in [3.05, 3.63) is 47.3 Å². The number of aryl methyl sites for hydroxylation is 1. The van der Waals surface area contributed by atoms with Gasteiger partial charge in [0, 0.05) is 19.6 Å². The second kappa shape index (κ2) is 7.82. The van der Waals surface area contributed by atoms with Gasteiger partial charge in [-0.15, -0.1) is 10.2 Å². The monoisotopic (exact) mass is 389 g/mol. The quantitative estimate of drug-likeness (QED) is 0.821. The number of sulfonamides is 1. The second-order valence-electron chi connectivity index (χ2n) is 7.01. The van der Waals surface area contributed by atoms with E-state index < -0.39 is 16.1 Å². The largest absolute Gasteiger partial charge is 0.337 e. The number of aromatic nitrogens is 3. The van der Waals surface area contributed by atoms with Gasteiger partial charge in [-0.05, 0) is 38.3 Å². The Morgan fingerprint density at radius 1 is 1.22 bits per heavy atom. The lowest BCUT2D eigenvalue weighted by Gasteiger charge is -2.28. The Balaban J connectivity index is 1.79. The fourth-order valence-electron chi connectivity index (χ4n) is 3.42. The second-order valence-corrected chi connectivity index (χ2v) is 8.79. The van der Waals surface area contributed by atoms with Gasteiger partial charge in [0.05, 0.1) is 12.3 Å². The van der Waals surface area contributed by atoms with Gasteiger partial charge in [0.2, 0.25) is 16.0 Å². The minimum Gasteiger partial charge on any atom is -0.337 e.